The molecule has 1 atom stereocenters. The number of ether oxygens (including phenoxy) is 2. The van der Waals surface area contributed by atoms with Crippen molar-refractivity contribution in [3.05, 3.63) is 35.4 Å². The number of nitrogens with zero attached hydrogens (tertiary/aromatic N) is 2. The van der Waals surface area contributed by atoms with Gasteiger partial charge in [0.2, 0.25) is 0 Å². The van der Waals surface area contributed by atoms with Crippen LogP contribution in [0.15, 0.2) is 29.3 Å². The lowest BCUT2D eigenvalue weighted by Crippen LogP contribution is -2.38. The van der Waals surface area contributed by atoms with Crippen LogP contribution in [0.5, 0.6) is 0 Å². The maximum Gasteiger partial charge on any atom is 0.191 e. The predicted octanol–water partition coefficient (Wildman–Crippen LogP) is 3.03. The highest BCUT2D eigenvalue weighted by Crippen LogP contribution is 2.19. The van der Waals surface area contributed by atoms with Crippen molar-refractivity contribution in [3.8, 4) is 0 Å². The molecule has 0 aliphatic carbocycles. The maximum atomic E-state index is 5.51. The molecule has 1 saturated heterocycles. The molecule has 1 aliphatic heterocycles. The average molecular weight is 405 g/mol. The van der Waals surface area contributed by atoms with Crippen molar-refractivity contribution in [1.82, 2.24) is 15.5 Å². The molecule has 0 radical (unpaired) electrons. The van der Waals surface area contributed by atoms with Gasteiger partial charge in [-0.3, -0.25) is 4.90 Å². The zero-order valence-corrected chi connectivity index (χ0v) is 18.6. The van der Waals surface area contributed by atoms with Gasteiger partial charge in [0.1, 0.15) is 0 Å². The molecule has 0 spiro atoms. The van der Waals surface area contributed by atoms with Crippen LogP contribution in [-0.2, 0) is 22.6 Å². The van der Waals surface area contributed by atoms with Gasteiger partial charge >= 0.3 is 0 Å². The van der Waals surface area contributed by atoms with E-state index < -0.39 is 0 Å². The van der Waals surface area contributed by atoms with E-state index >= 15 is 0 Å². The van der Waals surface area contributed by atoms with Crippen LogP contribution in [0.2, 0.25) is 0 Å². The third-order valence-electron chi connectivity index (χ3n) is 5.19. The molecule has 1 fully saturated rings. The summed E-state index contributed by atoms with van der Waals surface area (Å²) in [5.41, 5.74) is 2.71. The molecule has 164 valence electrons. The van der Waals surface area contributed by atoms with Gasteiger partial charge in [-0.2, -0.15) is 0 Å². The summed E-state index contributed by atoms with van der Waals surface area (Å²) in [7, 11) is 1.69. The van der Waals surface area contributed by atoms with Crippen molar-refractivity contribution in [2.24, 2.45) is 10.9 Å². The summed E-state index contributed by atoms with van der Waals surface area (Å²) in [4.78, 5) is 7.40. The molecule has 6 nitrogen and oxygen atoms in total. The Labute approximate surface area is 177 Å². The Kier molecular flexibility index (Phi) is 11.7. The average Bonchev–Trinajstić information content (AvgIpc) is 2.72. The van der Waals surface area contributed by atoms with E-state index in [-0.39, 0.29) is 0 Å². The normalized spacial score (nSPS) is 18.0. The summed E-state index contributed by atoms with van der Waals surface area (Å²) in [6, 6.07) is 8.72. The number of rotatable bonds is 12. The van der Waals surface area contributed by atoms with Gasteiger partial charge < -0.3 is 20.1 Å². The third kappa shape index (κ3) is 9.61. The van der Waals surface area contributed by atoms with Crippen LogP contribution in [0.1, 0.15) is 44.2 Å². The van der Waals surface area contributed by atoms with E-state index in [9.17, 15) is 0 Å². The van der Waals surface area contributed by atoms with Crippen molar-refractivity contribution < 1.29 is 9.47 Å². The number of piperidine rings is 1. The number of guanidine groups is 1. The minimum atomic E-state index is 0.646. The van der Waals surface area contributed by atoms with Crippen LogP contribution in [0, 0.1) is 5.92 Å². The van der Waals surface area contributed by atoms with Crippen LogP contribution >= 0.6 is 0 Å². The van der Waals surface area contributed by atoms with Crippen LogP contribution in [0.4, 0.5) is 0 Å². The number of aliphatic imine (C=N–C) groups is 1. The van der Waals surface area contributed by atoms with E-state index in [1.165, 1.54) is 37.1 Å². The quantitative estimate of drug-likeness (QED) is 0.319. The summed E-state index contributed by atoms with van der Waals surface area (Å²) in [6.45, 7) is 12.3. The predicted molar refractivity (Wildman–Crippen MR) is 120 cm³/mol. The zero-order chi connectivity index (χ0) is 20.7. The van der Waals surface area contributed by atoms with Gasteiger partial charge in [-0.15, -0.1) is 0 Å². The van der Waals surface area contributed by atoms with E-state index in [1.807, 2.05) is 0 Å². The third-order valence-corrected chi connectivity index (χ3v) is 5.19. The lowest BCUT2D eigenvalue weighted by atomic mass is 9.99. The van der Waals surface area contributed by atoms with Gasteiger partial charge in [0.25, 0.3) is 0 Å². The van der Waals surface area contributed by atoms with Crippen molar-refractivity contribution in [2.45, 2.75) is 46.2 Å². The van der Waals surface area contributed by atoms with Gasteiger partial charge in [0.05, 0.1) is 19.8 Å². The van der Waals surface area contributed by atoms with E-state index in [1.54, 1.807) is 7.11 Å². The molecule has 6 heteroatoms. The molecule has 29 heavy (non-hydrogen) atoms. The van der Waals surface area contributed by atoms with E-state index in [4.69, 9.17) is 14.5 Å². The first-order chi connectivity index (χ1) is 14.2. The summed E-state index contributed by atoms with van der Waals surface area (Å²) < 4.78 is 10.5. The van der Waals surface area contributed by atoms with Crippen LogP contribution < -0.4 is 10.6 Å². The van der Waals surface area contributed by atoms with Gasteiger partial charge in [0.15, 0.2) is 5.96 Å². The Bertz CT molecular complexity index is 594. The molecule has 0 aromatic heterocycles. The fraction of sp³-hybridized carbons (Fsp3) is 0.696. The number of likely N-dealkylation sites (tertiary alicyclic amines) is 1. The minimum Gasteiger partial charge on any atom is -0.382 e. The SMILES string of the molecule is CCNC(=NCc1ccccc1CN1CCCC(C)C1)NCCCOCCOC. The van der Waals surface area contributed by atoms with Crippen molar-refractivity contribution >= 4 is 5.96 Å². The number of methoxy groups -OCH3 is 1. The van der Waals surface area contributed by atoms with Gasteiger partial charge in [-0.25, -0.2) is 4.99 Å². The molecular weight excluding hydrogens is 364 g/mol. The fourth-order valence-corrected chi connectivity index (χ4v) is 3.67. The molecule has 0 saturated carbocycles. The molecule has 1 unspecified atom stereocenters. The first-order valence-electron chi connectivity index (χ1n) is 11.1. The summed E-state index contributed by atoms with van der Waals surface area (Å²) in [6.07, 6.45) is 3.61. The smallest absolute Gasteiger partial charge is 0.191 e. The van der Waals surface area contributed by atoms with Crippen LogP contribution in [-0.4, -0.2) is 64.0 Å². The van der Waals surface area contributed by atoms with E-state index in [0.29, 0.717) is 19.8 Å². The molecule has 1 aromatic carbocycles. The Morgan fingerprint density at radius 1 is 1.17 bits per heavy atom. The van der Waals surface area contributed by atoms with Crippen molar-refractivity contribution in [3.63, 3.8) is 0 Å². The zero-order valence-electron chi connectivity index (χ0n) is 18.6. The highest BCUT2D eigenvalue weighted by atomic mass is 16.5. The largest absolute Gasteiger partial charge is 0.382 e. The Balaban J connectivity index is 1.84. The van der Waals surface area contributed by atoms with E-state index in [2.05, 4.69) is 53.6 Å². The Hall–Kier alpha value is -1.63. The second-order valence-corrected chi connectivity index (χ2v) is 7.83. The molecule has 2 rings (SSSR count). The highest BCUT2D eigenvalue weighted by molar-refractivity contribution is 5.79. The number of hydrogen-bond donors (Lipinski definition) is 2. The molecule has 0 bridgehead atoms. The molecule has 1 heterocycles. The van der Waals surface area contributed by atoms with Gasteiger partial charge in [-0.05, 0) is 49.8 Å². The second-order valence-electron chi connectivity index (χ2n) is 7.83. The van der Waals surface area contributed by atoms with Crippen molar-refractivity contribution in [1.29, 1.82) is 0 Å². The molecular formula is C23H40N4O2. The maximum absolute atomic E-state index is 5.51. The monoisotopic (exact) mass is 404 g/mol. The first kappa shape index (κ1) is 23.6. The van der Waals surface area contributed by atoms with Gasteiger partial charge in [0, 0.05) is 39.9 Å². The Morgan fingerprint density at radius 3 is 2.76 bits per heavy atom. The summed E-state index contributed by atoms with van der Waals surface area (Å²) in [5.74, 6) is 1.67. The van der Waals surface area contributed by atoms with Crippen molar-refractivity contribution in [2.75, 3.05) is 53.1 Å². The molecule has 0 amide bonds. The second kappa shape index (κ2) is 14.4. The fourth-order valence-electron chi connectivity index (χ4n) is 3.67. The number of nitrogens with one attached hydrogen (secondary N) is 2. The lowest BCUT2D eigenvalue weighted by Gasteiger charge is -2.31. The number of hydrogen-bond acceptors (Lipinski definition) is 4. The van der Waals surface area contributed by atoms with Crippen LogP contribution in [0.25, 0.3) is 0 Å². The molecule has 1 aliphatic rings. The Morgan fingerprint density at radius 2 is 2.00 bits per heavy atom. The lowest BCUT2D eigenvalue weighted by molar-refractivity contribution is 0.0698. The first-order valence-corrected chi connectivity index (χ1v) is 11.1. The molecule has 1 aromatic rings. The van der Waals surface area contributed by atoms with Gasteiger partial charge in [-0.1, -0.05) is 31.2 Å². The highest BCUT2D eigenvalue weighted by Gasteiger charge is 2.17. The van der Waals surface area contributed by atoms with E-state index in [0.717, 1.165) is 44.5 Å². The van der Waals surface area contributed by atoms with Crippen LogP contribution in [0.3, 0.4) is 0 Å². The summed E-state index contributed by atoms with van der Waals surface area (Å²) >= 11 is 0. The summed E-state index contributed by atoms with van der Waals surface area (Å²) in [5, 5.41) is 6.74. The molecule has 2 N–H and O–H groups in total. The minimum absolute atomic E-state index is 0.646. The topological polar surface area (TPSA) is 58.1 Å². The standard InChI is InChI=1S/C23H40N4O2/c1-4-24-23(25-12-8-14-29-16-15-28-3)26-17-21-10-5-6-11-22(21)19-27-13-7-9-20(2)18-27/h5-6,10-11,20H,4,7-9,12-19H2,1-3H3,(H2,24,25,26). The number of benzene rings is 1.